The zero-order chi connectivity index (χ0) is 38.5. The van der Waals surface area contributed by atoms with Gasteiger partial charge in [-0.15, -0.1) is 0 Å². The molecule has 11 aromatic rings. The van der Waals surface area contributed by atoms with Gasteiger partial charge in [0.2, 0.25) is 0 Å². The van der Waals surface area contributed by atoms with Crippen LogP contribution in [0.15, 0.2) is 197 Å². The largest absolute Gasteiger partial charge is 0.456 e. The number of rotatable bonds is 5. The van der Waals surface area contributed by atoms with Crippen molar-refractivity contribution in [3.63, 3.8) is 0 Å². The van der Waals surface area contributed by atoms with Crippen LogP contribution < -0.4 is 4.90 Å². The second-order valence-corrected chi connectivity index (χ2v) is 16.1. The van der Waals surface area contributed by atoms with Crippen LogP contribution in [0.25, 0.3) is 88.0 Å². The minimum Gasteiger partial charge on any atom is -0.456 e. The molecule has 9 aromatic carbocycles. The minimum absolute atomic E-state index is 0.147. The third-order valence-corrected chi connectivity index (χ3v) is 12.4. The van der Waals surface area contributed by atoms with Crippen molar-refractivity contribution in [3.8, 4) is 33.4 Å². The molecule has 0 saturated carbocycles. The molecule has 12 rings (SSSR count). The first-order valence-corrected chi connectivity index (χ1v) is 20.0. The highest BCUT2D eigenvalue weighted by Gasteiger charge is 2.35. The van der Waals surface area contributed by atoms with E-state index < -0.39 is 0 Å². The van der Waals surface area contributed by atoms with Gasteiger partial charge in [0.1, 0.15) is 22.3 Å². The molecule has 3 heteroatoms. The quantitative estimate of drug-likeness (QED) is 0.176. The van der Waals surface area contributed by atoms with E-state index in [1.165, 1.54) is 44.2 Å². The summed E-state index contributed by atoms with van der Waals surface area (Å²) in [5.41, 5.74) is 16.3. The third-order valence-electron chi connectivity index (χ3n) is 12.4. The second-order valence-electron chi connectivity index (χ2n) is 16.1. The maximum atomic E-state index is 7.01. The van der Waals surface area contributed by atoms with E-state index >= 15 is 0 Å². The van der Waals surface area contributed by atoms with Gasteiger partial charge in [-0.25, -0.2) is 0 Å². The molecular weight excluding hydrogens is 707 g/mol. The van der Waals surface area contributed by atoms with Crippen LogP contribution in [0, 0.1) is 0 Å². The molecule has 58 heavy (non-hydrogen) atoms. The van der Waals surface area contributed by atoms with Crippen LogP contribution in [0.3, 0.4) is 0 Å². The second kappa shape index (κ2) is 12.3. The first-order chi connectivity index (χ1) is 28.5. The van der Waals surface area contributed by atoms with Gasteiger partial charge >= 0.3 is 0 Å². The van der Waals surface area contributed by atoms with Crippen LogP contribution in [0.2, 0.25) is 0 Å². The molecule has 2 aromatic heterocycles. The zero-order valence-electron chi connectivity index (χ0n) is 32.2. The van der Waals surface area contributed by atoms with Crippen molar-refractivity contribution in [1.29, 1.82) is 0 Å². The van der Waals surface area contributed by atoms with Crippen molar-refractivity contribution in [1.82, 2.24) is 0 Å². The average molecular weight is 744 g/mol. The summed E-state index contributed by atoms with van der Waals surface area (Å²) in [4.78, 5) is 2.39. The Hall–Kier alpha value is -7.36. The number of furan rings is 2. The lowest BCUT2D eigenvalue weighted by atomic mass is 9.81. The fourth-order valence-electron chi connectivity index (χ4n) is 9.58. The van der Waals surface area contributed by atoms with E-state index in [1.807, 2.05) is 18.2 Å². The first-order valence-electron chi connectivity index (χ1n) is 20.0. The van der Waals surface area contributed by atoms with E-state index in [0.29, 0.717) is 0 Å². The van der Waals surface area contributed by atoms with Crippen LogP contribution in [0.5, 0.6) is 0 Å². The number of anilines is 3. The number of hydrogen-bond acceptors (Lipinski definition) is 3. The lowest BCUT2D eigenvalue weighted by molar-refractivity contribution is 0.660. The number of benzene rings is 9. The van der Waals surface area contributed by atoms with E-state index in [4.69, 9.17) is 8.83 Å². The lowest BCUT2D eigenvalue weighted by Gasteiger charge is -2.27. The maximum absolute atomic E-state index is 7.01. The minimum atomic E-state index is -0.147. The molecule has 0 aliphatic heterocycles. The molecule has 274 valence electrons. The summed E-state index contributed by atoms with van der Waals surface area (Å²) in [6, 6.07) is 67.8. The molecule has 0 fully saturated rings. The first kappa shape index (κ1) is 32.8. The summed E-state index contributed by atoms with van der Waals surface area (Å²) < 4.78 is 13.5. The third kappa shape index (κ3) is 4.86. The van der Waals surface area contributed by atoms with Crippen molar-refractivity contribution in [3.05, 3.63) is 199 Å². The fraction of sp³-hybridized carbons (Fsp3) is 0.0545. The highest BCUT2D eigenvalue weighted by molar-refractivity contribution is 6.27. The molecule has 1 aliphatic carbocycles. The van der Waals surface area contributed by atoms with Crippen LogP contribution in [-0.4, -0.2) is 0 Å². The highest BCUT2D eigenvalue weighted by atomic mass is 16.3. The van der Waals surface area contributed by atoms with Gasteiger partial charge in [0, 0.05) is 49.6 Å². The Bertz CT molecular complexity index is 3420. The summed E-state index contributed by atoms with van der Waals surface area (Å²) in [5.74, 6) is 0. The van der Waals surface area contributed by atoms with Gasteiger partial charge in [0.15, 0.2) is 0 Å². The summed E-state index contributed by atoms with van der Waals surface area (Å²) in [6.45, 7) is 4.69. The Kier molecular flexibility index (Phi) is 6.98. The molecule has 0 atom stereocenters. The monoisotopic (exact) mass is 743 g/mol. The normalized spacial score (nSPS) is 13.1. The Labute approximate surface area is 336 Å². The molecule has 0 N–H and O–H groups in total. The van der Waals surface area contributed by atoms with Crippen LogP contribution in [-0.2, 0) is 5.41 Å². The number of hydrogen-bond donors (Lipinski definition) is 0. The van der Waals surface area contributed by atoms with Gasteiger partial charge in [-0.05, 0) is 110 Å². The van der Waals surface area contributed by atoms with Crippen molar-refractivity contribution >= 4 is 71.7 Å². The van der Waals surface area contributed by atoms with E-state index in [9.17, 15) is 0 Å². The molecule has 0 amide bonds. The summed E-state index contributed by atoms with van der Waals surface area (Å²) in [5, 5.41) is 6.66. The summed E-state index contributed by atoms with van der Waals surface area (Å²) in [7, 11) is 0. The Morgan fingerprint density at radius 1 is 0.379 bits per heavy atom. The number of para-hydroxylation sites is 1. The van der Waals surface area contributed by atoms with Gasteiger partial charge in [0.05, 0.1) is 0 Å². The molecule has 1 aliphatic rings. The highest BCUT2D eigenvalue weighted by Crippen LogP contribution is 2.52. The van der Waals surface area contributed by atoms with Crippen LogP contribution in [0.4, 0.5) is 17.1 Å². The van der Waals surface area contributed by atoms with Crippen LogP contribution in [0.1, 0.15) is 25.0 Å². The lowest BCUT2D eigenvalue weighted by Crippen LogP contribution is -2.14. The van der Waals surface area contributed by atoms with Crippen molar-refractivity contribution in [2.45, 2.75) is 19.3 Å². The SMILES string of the molecule is CC1(C)c2ccccc2-c2ccc(-c3cc(N(c4ccc(-c5ccccc5)cc4)c4ccc5ccccc5c4)cc4c3oc3ccc5oc6ccccc6c5c34)cc21. The van der Waals surface area contributed by atoms with Gasteiger partial charge in [-0.3, -0.25) is 0 Å². The van der Waals surface area contributed by atoms with Gasteiger partial charge in [-0.2, -0.15) is 0 Å². The average Bonchev–Trinajstić information content (AvgIpc) is 3.91. The molecule has 0 spiro atoms. The Morgan fingerprint density at radius 2 is 1.03 bits per heavy atom. The molecule has 0 bridgehead atoms. The molecule has 0 unspecified atom stereocenters. The molecular formula is C55H37NO2. The molecule has 0 radical (unpaired) electrons. The van der Waals surface area contributed by atoms with Crippen molar-refractivity contribution in [2.24, 2.45) is 0 Å². The molecule has 3 nitrogen and oxygen atoms in total. The van der Waals surface area contributed by atoms with Crippen molar-refractivity contribution < 1.29 is 8.83 Å². The molecule has 0 saturated heterocycles. The van der Waals surface area contributed by atoms with Gasteiger partial charge in [0.25, 0.3) is 0 Å². The van der Waals surface area contributed by atoms with Crippen molar-refractivity contribution in [2.75, 3.05) is 4.90 Å². The Morgan fingerprint density at radius 3 is 1.90 bits per heavy atom. The van der Waals surface area contributed by atoms with E-state index in [-0.39, 0.29) is 5.41 Å². The topological polar surface area (TPSA) is 29.5 Å². The van der Waals surface area contributed by atoms with Gasteiger partial charge < -0.3 is 13.7 Å². The maximum Gasteiger partial charge on any atom is 0.143 e. The van der Waals surface area contributed by atoms with E-state index in [0.717, 1.165) is 72.1 Å². The fourth-order valence-corrected chi connectivity index (χ4v) is 9.58. The zero-order valence-corrected chi connectivity index (χ0v) is 32.2. The molecule has 2 heterocycles. The summed E-state index contributed by atoms with van der Waals surface area (Å²) >= 11 is 0. The van der Waals surface area contributed by atoms with Gasteiger partial charge in [-0.1, -0.05) is 141 Å². The standard InChI is InChI=1S/C55H37NO2/c1-55(2)47-18-10-8-16-42(47)43-27-23-38(31-48(43)55)45-32-41(33-46-53-51(58-54(45)46)29-28-50-52(53)44-17-9-11-19-49(44)57-50)56(40-26-22-35-14-6-7-15-37(35)30-40)39-24-20-36(21-25-39)34-12-4-3-5-13-34/h3-33H,1-2H3. The number of nitrogens with zero attached hydrogens (tertiary/aromatic N) is 1. The van der Waals surface area contributed by atoms with E-state index in [2.05, 4.69) is 189 Å². The predicted octanol–water partition coefficient (Wildman–Crippen LogP) is 15.7. The Balaban J connectivity index is 1.16. The van der Waals surface area contributed by atoms with Crippen LogP contribution >= 0.6 is 0 Å². The summed E-state index contributed by atoms with van der Waals surface area (Å²) in [6.07, 6.45) is 0. The van der Waals surface area contributed by atoms with E-state index in [1.54, 1.807) is 0 Å². The smallest absolute Gasteiger partial charge is 0.143 e. The predicted molar refractivity (Wildman–Crippen MR) is 242 cm³/mol. The number of fused-ring (bicyclic) bond motifs is 11.